The number of amides is 1. The molecule has 2 aromatic heterocycles. The molecule has 4 rings (SSSR count). The second-order valence-electron chi connectivity index (χ2n) is 9.40. The van der Waals surface area contributed by atoms with E-state index in [1.54, 1.807) is 18.7 Å². The molecule has 1 saturated heterocycles. The second kappa shape index (κ2) is 7.68. The Morgan fingerprint density at radius 3 is 2.45 bits per heavy atom. The maximum Gasteiger partial charge on any atom is 0.255 e. The first-order valence-electron chi connectivity index (χ1n) is 10.9. The van der Waals surface area contributed by atoms with Gasteiger partial charge in [0.05, 0.1) is 22.5 Å². The predicted molar refractivity (Wildman–Crippen MR) is 124 cm³/mol. The second-order valence-corrected chi connectivity index (χ2v) is 9.40. The molecule has 6 heteroatoms. The molecule has 0 spiro atoms. The predicted octanol–water partition coefficient (Wildman–Crippen LogP) is 4.02. The van der Waals surface area contributed by atoms with E-state index in [0.717, 1.165) is 22.7 Å². The summed E-state index contributed by atoms with van der Waals surface area (Å²) in [5.41, 5.74) is 7.26. The molecule has 1 aromatic carbocycles. The first-order chi connectivity index (χ1) is 14.6. The zero-order chi connectivity index (χ0) is 22.5. The Labute approximate surface area is 183 Å². The van der Waals surface area contributed by atoms with Gasteiger partial charge in [-0.15, -0.1) is 0 Å². The van der Waals surface area contributed by atoms with E-state index >= 15 is 0 Å². The summed E-state index contributed by atoms with van der Waals surface area (Å²) in [4.78, 5) is 19.7. The molecule has 1 amide bonds. The molecule has 0 radical (unpaired) electrons. The van der Waals surface area contributed by atoms with Gasteiger partial charge >= 0.3 is 0 Å². The van der Waals surface area contributed by atoms with Crippen LogP contribution in [0.5, 0.6) is 0 Å². The maximum atomic E-state index is 13.2. The summed E-state index contributed by atoms with van der Waals surface area (Å²) in [5, 5.41) is 13.7. The van der Waals surface area contributed by atoms with Gasteiger partial charge in [-0.25, -0.2) is 4.98 Å². The molecule has 0 atom stereocenters. The molecule has 0 bridgehead atoms. The quantitative estimate of drug-likeness (QED) is 0.654. The molecule has 164 valence electrons. The molecule has 31 heavy (non-hydrogen) atoms. The van der Waals surface area contributed by atoms with Crippen molar-refractivity contribution in [3.8, 4) is 0 Å². The zero-order valence-electron chi connectivity index (χ0n) is 19.3. The van der Waals surface area contributed by atoms with Crippen LogP contribution in [0.3, 0.4) is 0 Å². The van der Waals surface area contributed by atoms with Gasteiger partial charge in [0, 0.05) is 37.4 Å². The highest BCUT2D eigenvalue weighted by molar-refractivity contribution is 5.96. The smallest absolute Gasteiger partial charge is 0.255 e. The number of imidazole rings is 1. The van der Waals surface area contributed by atoms with Crippen LogP contribution >= 0.6 is 0 Å². The van der Waals surface area contributed by atoms with E-state index in [4.69, 9.17) is 4.98 Å². The van der Waals surface area contributed by atoms with E-state index in [9.17, 15) is 9.90 Å². The third-order valence-corrected chi connectivity index (χ3v) is 6.71. The molecule has 1 fully saturated rings. The first-order valence-corrected chi connectivity index (χ1v) is 10.9. The molecule has 0 aliphatic carbocycles. The van der Waals surface area contributed by atoms with E-state index < -0.39 is 5.60 Å². The van der Waals surface area contributed by atoms with Crippen LogP contribution in [0.1, 0.15) is 52.3 Å². The average Bonchev–Trinajstić information content (AvgIpc) is 2.93. The van der Waals surface area contributed by atoms with Gasteiger partial charge in [0.15, 0.2) is 5.65 Å². The number of nitrogens with one attached hydrogen (secondary N) is 1. The SMILES string of the molecule is Cc1cccc(C)c1CNc1cc(C(=O)N2CC(C(C)(C)O)C2)cn2c(C)c(C)nc12. The van der Waals surface area contributed by atoms with Crippen molar-refractivity contribution in [3.63, 3.8) is 0 Å². The number of aliphatic hydroxyl groups is 1. The van der Waals surface area contributed by atoms with E-state index in [-0.39, 0.29) is 11.8 Å². The standard InChI is InChI=1S/C25H32N4O2/c1-15-8-7-9-16(2)21(15)11-26-22-10-19(12-29-18(4)17(3)27-23(22)29)24(30)28-13-20(14-28)25(5,6)31/h7-10,12,20,26,31H,11,13-14H2,1-6H3. The van der Waals surface area contributed by atoms with Crippen molar-refractivity contribution < 1.29 is 9.90 Å². The highest BCUT2D eigenvalue weighted by Crippen LogP contribution is 2.30. The largest absolute Gasteiger partial charge is 0.390 e. The molecular weight excluding hydrogens is 388 g/mol. The fourth-order valence-electron chi connectivity index (χ4n) is 4.20. The zero-order valence-corrected chi connectivity index (χ0v) is 19.3. The maximum absolute atomic E-state index is 13.2. The van der Waals surface area contributed by atoms with Gasteiger partial charge in [0.25, 0.3) is 5.91 Å². The van der Waals surface area contributed by atoms with Gasteiger partial charge in [-0.05, 0) is 64.3 Å². The van der Waals surface area contributed by atoms with Crippen molar-refractivity contribution in [2.75, 3.05) is 18.4 Å². The molecular formula is C25H32N4O2. The van der Waals surface area contributed by atoms with Crippen molar-refractivity contribution in [2.24, 2.45) is 5.92 Å². The van der Waals surface area contributed by atoms with Crippen molar-refractivity contribution in [1.82, 2.24) is 14.3 Å². The lowest BCUT2D eigenvalue weighted by Crippen LogP contribution is -2.57. The summed E-state index contributed by atoms with van der Waals surface area (Å²) < 4.78 is 2.00. The minimum absolute atomic E-state index is 0.0109. The summed E-state index contributed by atoms with van der Waals surface area (Å²) in [6.07, 6.45) is 1.88. The highest BCUT2D eigenvalue weighted by atomic mass is 16.3. The van der Waals surface area contributed by atoms with E-state index in [1.807, 2.05) is 30.5 Å². The number of aromatic nitrogens is 2. The molecule has 2 N–H and O–H groups in total. The van der Waals surface area contributed by atoms with Crippen LogP contribution < -0.4 is 5.32 Å². The van der Waals surface area contributed by atoms with Crippen molar-refractivity contribution in [2.45, 2.75) is 53.7 Å². The van der Waals surface area contributed by atoms with Crippen LogP contribution in [-0.2, 0) is 6.54 Å². The molecule has 0 saturated carbocycles. The number of nitrogens with zero attached hydrogens (tertiary/aromatic N) is 3. The van der Waals surface area contributed by atoms with Gasteiger partial charge in [0.2, 0.25) is 0 Å². The fraction of sp³-hybridized carbons (Fsp3) is 0.440. The first kappa shape index (κ1) is 21.4. The molecule has 3 heterocycles. The number of anilines is 1. The fourth-order valence-corrected chi connectivity index (χ4v) is 4.20. The van der Waals surface area contributed by atoms with Gasteiger partial charge < -0.3 is 19.7 Å². The van der Waals surface area contributed by atoms with Crippen molar-refractivity contribution in [1.29, 1.82) is 0 Å². The van der Waals surface area contributed by atoms with E-state index in [1.165, 1.54) is 16.7 Å². The van der Waals surface area contributed by atoms with Crippen LogP contribution in [0.25, 0.3) is 5.65 Å². The van der Waals surface area contributed by atoms with Gasteiger partial charge in [-0.1, -0.05) is 18.2 Å². The number of carbonyl (C=O) groups excluding carboxylic acids is 1. The molecule has 1 aliphatic rings. The summed E-state index contributed by atoms with van der Waals surface area (Å²) in [6, 6.07) is 8.22. The van der Waals surface area contributed by atoms with Crippen LogP contribution in [0.2, 0.25) is 0 Å². The lowest BCUT2D eigenvalue weighted by Gasteiger charge is -2.45. The molecule has 3 aromatic rings. The number of aryl methyl sites for hydroxylation is 4. The average molecular weight is 421 g/mol. The number of fused-ring (bicyclic) bond motifs is 1. The number of likely N-dealkylation sites (tertiary alicyclic amines) is 1. The van der Waals surface area contributed by atoms with Crippen molar-refractivity contribution in [3.05, 3.63) is 64.1 Å². The van der Waals surface area contributed by atoms with Gasteiger partial charge in [0.1, 0.15) is 0 Å². The summed E-state index contributed by atoms with van der Waals surface area (Å²) >= 11 is 0. The minimum atomic E-state index is -0.767. The third-order valence-electron chi connectivity index (χ3n) is 6.71. The normalized spacial score (nSPS) is 14.7. The summed E-state index contributed by atoms with van der Waals surface area (Å²) in [6.45, 7) is 13.7. The van der Waals surface area contributed by atoms with Crippen LogP contribution in [0, 0.1) is 33.6 Å². The molecule has 0 unspecified atom stereocenters. The van der Waals surface area contributed by atoms with Gasteiger partial charge in [-0.2, -0.15) is 0 Å². The van der Waals surface area contributed by atoms with Crippen LogP contribution in [0.15, 0.2) is 30.5 Å². The summed E-state index contributed by atoms with van der Waals surface area (Å²) in [7, 11) is 0. The Morgan fingerprint density at radius 2 is 1.84 bits per heavy atom. The number of hydrogen-bond donors (Lipinski definition) is 2. The number of pyridine rings is 1. The minimum Gasteiger partial charge on any atom is -0.390 e. The number of benzene rings is 1. The van der Waals surface area contributed by atoms with E-state index in [0.29, 0.717) is 25.2 Å². The Bertz CT molecular complexity index is 1130. The number of rotatable bonds is 5. The Hall–Kier alpha value is -2.86. The van der Waals surface area contributed by atoms with Crippen LogP contribution in [0.4, 0.5) is 5.69 Å². The Morgan fingerprint density at radius 1 is 1.19 bits per heavy atom. The topological polar surface area (TPSA) is 69.9 Å². The Balaban J connectivity index is 1.65. The molecule has 1 aliphatic heterocycles. The third kappa shape index (κ3) is 3.92. The van der Waals surface area contributed by atoms with Gasteiger partial charge in [-0.3, -0.25) is 4.79 Å². The lowest BCUT2D eigenvalue weighted by atomic mass is 9.84. The lowest BCUT2D eigenvalue weighted by molar-refractivity contribution is -0.0507. The van der Waals surface area contributed by atoms with E-state index in [2.05, 4.69) is 37.4 Å². The Kier molecular flexibility index (Phi) is 5.30. The highest BCUT2D eigenvalue weighted by Gasteiger charge is 2.40. The number of carbonyl (C=O) groups is 1. The molecule has 6 nitrogen and oxygen atoms in total. The number of hydrogen-bond acceptors (Lipinski definition) is 4. The monoisotopic (exact) mass is 420 g/mol. The summed E-state index contributed by atoms with van der Waals surface area (Å²) in [5.74, 6) is 0.0994. The van der Waals surface area contributed by atoms with Crippen LogP contribution in [-0.4, -0.2) is 44.0 Å². The van der Waals surface area contributed by atoms with Crippen molar-refractivity contribution >= 4 is 17.2 Å².